The molecule has 0 rings (SSSR count). The van der Waals surface area contributed by atoms with Gasteiger partial charge in [-0.15, -0.1) is 0 Å². The highest BCUT2D eigenvalue weighted by atomic mass is 79.9. The summed E-state index contributed by atoms with van der Waals surface area (Å²) in [6, 6.07) is 0. The van der Waals surface area contributed by atoms with Crippen molar-refractivity contribution in [2.75, 3.05) is 134 Å². The molecule has 36 heavy (non-hydrogen) atoms. The summed E-state index contributed by atoms with van der Waals surface area (Å²) in [4.78, 5) is 0. The first-order valence-corrected chi connectivity index (χ1v) is 18.4. The summed E-state index contributed by atoms with van der Waals surface area (Å²) >= 11 is 0. The second-order valence-electron chi connectivity index (χ2n) is 10.4. The van der Waals surface area contributed by atoms with E-state index in [0.29, 0.717) is 0 Å². The molecule has 0 bridgehead atoms. The first-order chi connectivity index (χ1) is 15.6. The van der Waals surface area contributed by atoms with Crippen LogP contribution in [0.2, 0.25) is 0 Å². The molecule has 0 aliphatic rings. The third-order valence-electron chi connectivity index (χ3n) is 5.70. The number of halogens is 1. The number of rotatable bonds is 12. The second-order valence-corrected chi connectivity index (χ2v) is 24.7. The van der Waals surface area contributed by atoms with Crippen LogP contribution in [0.5, 0.6) is 0 Å². The summed E-state index contributed by atoms with van der Waals surface area (Å²) in [6.07, 6.45) is 0. The Kier molecular flexibility index (Phi) is 16.1. The molecule has 0 aliphatic carbocycles. The minimum absolute atomic E-state index is 0. The summed E-state index contributed by atoms with van der Waals surface area (Å²) < 4.78 is 37.5. The largest absolute Gasteiger partial charge is 1.00 e. The number of hydrogen-bond donors (Lipinski definition) is 0. The molecule has 0 atom stereocenters. The Balaban J connectivity index is 0. The summed E-state index contributed by atoms with van der Waals surface area (Å²) in [6.45, 7) is 2.19. The standard InChI is InChI=1S/C19H57N12P4.BrH/c1-23(2)33(24(3)4,25(5)6)20-32(19,21-34(26(7)8,27(9)10)28(11)12)22-35(29(13)14,30(15)16)31(17)18;/h1-19H3;1H/q+1;/p-1. The first-order valence-electron chi connectivity index (χ1n) is 11.5. The lowest BCUT2D eigenvalue weighted by atomic mass is 11.2. The van der Waals surface area contributed by atoms with Crippen LogP contribution in [0.3, 0.4) is 0 Å². The minimum Gasteiger partial charge on any atom is -1.00 e. The molecule has 0 aromatic heterocycles. The topological polar surface area (TPSA) is 66.2 Å². The van der Waals surface area contributed by atoms with Crippen LogP contribution in [0.1, 0.15) is 0 Å². The van der Waals surface area contributed by atoms with E-state index >= 15 is 0 Å². The minimum atomic E-state index is -2.67. The van der Waals surface area contributed by atoms with Crippen LogP contribution >= 0.6 is 30.2 Å². The van der Waals surface area contributed by atoms with E-state index in [1.54, 1.807) is 0 Å². The van der Waals surface area contributed by atoms with Gasteiger partial charge in [-0.3, -0.25) is 0 Å². The van der Waals surface area contributed by atoms with E-state index in [-0.39, 0.29) is 17.0 Å². The van der Waals surface area contributed by atoms with Crippen molar-refractivity contribution in [2.45, 2.75) is 0 Å². The van der Waals surface area contributed by atoms with Crippen LogP contribution in [-0.4, -0.2) is 176 Å². The van der Waals surface area contributed by atoms with Gasteiger partial charge >= 0.3 is 7.71 Å². The molecule has 0 heterocycles. The van der Waals surface area contributed by atoms with E-state index in [1.807, 2.05) is 0 Å². The van der Waals surface area contributed by atoms with Crippen LogP contribution in [0.4, 0.5) is 0 Å². The van der Waals surface area contributed by atoms with Crippen LogP contribution in [0, 0.1) is 0 Å². The van der Waals surface area contributed by atoms with E-state index in [4.69, 9.17) is 13.5 Å². The third-order valence-corrected chi connectivity index (χ3v) is 22.3. The molecular formula is C19H57BrN12P4. The fourth-order valence-corrected chi connectivity index (χ4v) is 23.7. The van der Waals surface area contributed by atoms with Crippen molar-refractivity contribution in [3.05, 3.63) is 0 Å². The van der Waals surface area contributed by atoms with Crippen molar-refractivity contribution in [3.63, 3.8) is 0 Å². The summed E-state index contributed by atoms with van der Waals surface area (Å²) in [5.74, 6) is 0. The van der Waals surface area contributed by atoms with Crippen LogP contribution in [-0.2, 0) is 0 Å². The van der Waals surface area contributed by atoms with Crippen LogP contribution in [0.25, 0.3) is 0 Å². The predicted molar refractivity (Wildman–Crippen MR) is 164 cm³/mol. The molecule has 0 fully saturated rings. The maximum atomic E-state index is 5.76. The van der Waals surface area contributed by atoms with E-state index < -0.39 is 30.2 Å². The van der Waals surface area contributed by atoms with Gasteiger partial charge in [0.05, 0.1) is 0 Å². The summed E-state index contributed by atoms with van der Waals surface area (Å²) in [7, 11) is 28.5. The second kappa shape index (κ2) is 14.7. The first kappa shape index (κ1) is 39.4. The lowest BCUT2D eigenvalue weighted by molar-refractivity contribution is -0.00000874. The summed E-state index contributed by atoms with van der Waals surface area (Å²) in [5.41, 5.74) is 0. The molecule has 0 radical (unpaired) electrons. The fourth-order valence-electron chi connectivity index (χ4n) is 4.68. The van der Waals surface area contributed by atoms with Gasteiger partial charge in [-0.25, -0.2) is 42.0 Å². The van der Waals surface area contributed by atoms with Crippen molar-refractivity contribution in [1.82, 2.24) is 42.0 Å². The molecular weight excluding hydrogens is 600 g/mol. The monoisotopic (exact) mass is 656 g/mol. The van der Waals surface area contributed by atoms with Gasteiger partial charge in [0.1, 0.15) is 6.66 Å². The number of hydrogen-bond acceptors (Lipinski definition) is 3. The van der Waals surface area contributed by atoms with Gasteiger partial charge in [-0.1, -0.05) is 0 Å². The highest BCUT2D eigenvalue weighted by Gasteiger charge is 2.49. The van der Waals surface area contributed by atoms with Crippen molar-refractivity contribution in [2.24, 2.45) is 13.5 Å². The quantitative estimate of drug-likeness (QED) is 0.289. The zero-order valence-electron chi connectivity index (χ0n) is 26.5. The Hall–Kier alpha value is 1.24. The van der Waals surface area contributed by atoms with Gasteiger partial charge in [0.15, 0.2) is 0 Å². The van der Waals surface area contributed by atoms with E-state index in [1.165, 1.54) is 0 Å². The normalized spacial score (nSPS) is 14.3. The van der Waals surface area contributed by atoms with Gasteiger partial charge in [0, 0.05) is 0 Å². The van der Waals surface area contributed by atoms with Crippen molar-refractivity contribution in [1.29, 1.82) is 0 Å². The Morgan fingerprint density at radius 3 is 0.528 bits per heavy atom. The molecule has 0 spiro atoms. The fraction of sp³-hybridized carbons (Fsp3) is 1.00. The van der Waals surface area contributed by atoms with E-state index in [0.717, 1.165) is 0 Å². The zero-order chi connectivity index (χ0) is 28.3. The van der Waals surface area contributed by atoms with Crippen LogP contribution < -0.4 is 17.0 Å². The van der Waals surface area contributed by atoms with Crippen molar-refractivity contribution in [3.8, 4) is 0 Å². The smallest absolute Gasteiger partial charge is 0.369 e. The maximum Gasteiger partial charge on any atom is 0.369 e. The zero-order valence-corrected chi connectivity index (χ0v) is 31.7. The summed E-state index contributed by atoms with van der Waals surface area (Å²) in [5, 5.41) is 0. The highest BCUT2D eigenvalue weighted by molar-refractivity contribution is 7.85. The van der Waals surface area contributed by atoms with Crippen molar-refractivity contribution >= 4 is 30.2 Å². The van der Waals surface area contributed by atoms with Gasteiger partial charge in [-0.2, -0.15) is 0 Å². The average Bonchev–Trinajstić information content (AvgIpc) is 2.66. The van der Waals surface area contributed by atoms with E-state index in [2.05, 4.69) is 176 Å². The average molecular weight is 658 g/mol. The van der Waals surface area contributed by atoms with Crippen molar-refractivity contribution < 1.29 is 17.0 Å². The highest BCUT2D eigenvalue weighted by Crippen LogP contribution is 2.80. The predicted octanol–water partition coefficient (Wildman–Crippen LogP) is 1.28. The molecule has 0 unspecified atom stereocenters. The molecule has 0 aromatic rings. The Morgan fingerprint density at radius 2 is 0.444 bits per heavy atom. The Bertz CT molecular complexity index is 660. The third kappa shape index (κ3) is 7.70. The van der Waals surface area contributed by atoms with Gasteiger partial charge < -0.3 is 17.0 Å². The van der Waals surface area contributed by atoms with Gasteiger partial charge in [0.25, 0.3) is 0 Å². The molecule has 0 saturated heterocycles. The number of nitrogens with zero attached hydrogens (tertiary/aromatic N) is 12. The van der Waals surface area contributed by atoms with E-state index in [9.17, 15) is 0 Å². The molecule has 0 aliphatic heterocycles. The SMILES string of the molecule is CN(C)P(=N[P+](C)(N=P(N(C)C)(N(C)C)N(C)C)N=P(N(C)C)(N(C)C)N(C)C)(N(C)C)N(C)C.[Br-]. The molecule has 0 amide bonds. The lowest BCUT2D eigenvalue weighted by Gasteiger charge is -2.43. The van der Waals surface area contributed by atoms with Crippen LogP contribution in [0.15, 0.2) is 13.5 Å². The molecule has 0 saturated carbocycles. The Labute approximate surface area is 235 Å². The Morgan fingerprint density at radius 1 is 0.333 bits per heavy atom. The molecule has 12 nitrogen and oxygen atoms in total. The van der Waals surface area contributed by atoms with Gasteiger partial charge in [-0.05, 0) is 140 Å². The maximum absolute atomic E-state index is 5.76. The molecule has 0 aromatic carbocycles. The molecule has 220 valence electrons. The molecule has 0 N–H and O–H groups in total. The van der Waals surface area contributed by atoms with Gasteiger partial charge in [0.2, 0.25) is 22.5 Å². The lowest BCUT2D eigenvalue weighted by Crippen LogP contribution is -3.00. The molecule has 17 heteroatoms.